The van der Waals surface area contributed by atoms with Gasteiger partial charge in [-0.15, -0.1) is 0 Å². The van der Waals surface area contributed by atoms with Crippen LogP contribution in [0.3, 0.4) is 0 Å². The molecule has 0 spiro atoms. The number of aromatic nitrogens is 2. The number of anilines is 3. The van der Waals surface area contributed by atoms with E-state index in [0.717, 1.165) is 18.3 Å². The first-order valence-corrected chi connectivity index (χ1v) is 9.14. The van der Waals surface area contributed by atoms with Gasteiger partial charge in [0.2, 0.25) is 11.9 Å². The molecule has 3 N–H and O–H groups in total. The summed E-state index contributed by atoms with van der Waals surface area (Å²) in [6.07, 6.45) is -3.47. The molecule has 1 aliphatic heterocycles. The predicted octanol–water partition coefficient (Wildman–Crippen LogP) is 2.42. The Kier molecular flexibility index (Phi) is 7.00. The molecule has 0 saturated carbocycles. The van der Waals surface area contributed by atoms with Gasteiger partial charge >= 0.3 is 6.18 Å². The number of rotatable bonds is 7. The molecule has 0 atom stereocenters. The van der Waals surface area contributed by atoms with Crippen molar-refractivity contribution in [3.63, 3.8) is 0 Å². The lowest BCUT2D eigenvalue weighted by Gasteiger charge is -2.28. The summed E-state index contributed by atoms with van der Waals surface area (Å²) in [7, 11) is 0. The summed E-state index contributed by atoms with van der Waals surface area (Å²) in [6, 6.07) is 4.38. The van der Waals surface area contributed by atoms with E-state index in [1.807, 2.05) is 0 Å². The third-order valence-corrected chi connectivity index (χ3v) is 4.19. The first-order chi connectivity index (χ1) is 14.3. The second-order valence-electron chi connectivity index (χ2n) is 6.39. The zero-order valence-corrected chi connectivity index (χ0v) is 15.8. The molecule has 0 radical (unpaired) electrons. The van der Waals surface area contributed by atoms with Crippen molar-refractivity contribution in [1.82, 2.24) is 15.4 Å². The number of nitrogens with one attached hydrogen (secondary N) is 3. The SMILES string of the molecule is O=C(CCNNc1ncc(F)c(N2CCOCC2)n1)Nc1cccc(C(F)(F)F)c1. The molecule has 0 bridgehead atoms. The van der Waals surface area contributed by atoms with Gasteiger partial charge in [0, 0.05) is 31.7 Å². The number of hydrogen-bond donors (Lipinski definition) is 3. The number of halogens is 4. The first-order valence-electron chi connectivity index (χ1n) is 9.14. The summed E-state index contributed by atoms with van der Waals surface area (Å²) in [6.45, 7) is 2.11. The molecule has 0 unspecified atom stereocenters. The van der Waals surface area contributed by atoms with Crippen LogP contribution in [0.15, 0.2) is 30.5 Å². The lowest BCUT2D eigenvalue weighted by Crippen LogP contribution is -2.37. The Hall–Kier alpha value is -2.99. The first kappa shape index (κ1) is 21.7. The van der Waals surface area contributed by atoms with Gasteiger partial charge in [-0.1, -0.05) is 6.07 Å². The molecule has 8 nitrogen and oxygen atoms in total. The summed E-state index contributed by atoms with van der Waals surface area (Å²) in [5, 5.41) is 2.41. The van der Waals surface area contributed by atoms with Crippen molar-refractivity contribution in [3.05, 3.63) is 41.8 Å². The Labute approximate surface area is 169 Å². The van der Waals surface area contributed by atoms with Crippen molar-refractivity contribution in [3.8, 4) is 0 Å². The fourth-order valence-corrected chi connectivity index (χ4v) is 2.73. The number of benzene rings is 1. The van der Waals surface area contributed by atoms with Crippen LogP contribution in [0.4, 0.5) is 35.0 Å². The van der Waals surface area contributed by atoms with Gasteiger partial charge in [-0.25, -0.2) is 14.8 Å². The minimum Gasteiger partial charge on any atom is -0.378 e. The summed E-state index contributed by atoms with van der Waals surface area (Å²) < 4.78 is 57.3. The van der Waals surface area contributed by atoms with Gasteiger partial charge < -0.3 is 15.0 Å². The third-order valence-electron chi connectivity index (χ3n) is 4.19. The molecule has 1 saturated heterocycles. The quantitative estimate of drug-likeness (QED) is 0.354. The number of ether oxygens (including phenoxy) is 1. The second-order valence-corrected chi connectivity index (χ2v) is 6.39. The van der Waals surface area contributed by atoms with Gasteiger partial charge in [-0.05, 0) is 18.2 Å². The maximum atomic E-state index is 14.0. The Morgan fingerprint density at radius 1 is 1.23 bits per heavy atom. The Bertz CT molecular complexity index is 874. The van der Waals surface area contributed by atoms with E-state index in [1.165, 1.54) is 12.1 Å². The normalized spacial score (nSPS) is 14.5. The monoisotopic (exact) mass is 428 g/mol. The van der Waals surface area contributed by atoms with E-state index < -0.39 is 23.5 Å². The molecule has 162 valence electrons. The zero-order chi connectivity index (χ0) is 21.6. The van der Waals surface area contributed by atoms with Crippen molar-refractivity contribution in [2.45, 2.75) is 12.6 Å². The van der Waals surface area contributed by atoms with E-state index in [2.05, 4.69) is 26.1 Å². The minimum absolute atomic E-state index is 0.0270. The maximum Gasteiger partial charge on any atom is 0.416 e. The highest BCUT2D eigenvalue weighted by Gasteiger charge is 2.30. The highest BCUT2D eigenvalue weighted by Crippen LogP contribution is 2.30. The number of carbonyl (C=O) groups excluding carboxylic acids is 1. The van der Waals surface area contributed by atoms with Crippen LogP contribution in [0.5, 0.6) is 0 Å². The van der Waals surface area contributed by atoms with Crippen molar-refractivity contribution in [2.24, 2.45) is 0 Å². The van der Waals surface area contributed by atoms with Gasteiger partial charge in [0.05, 0.1) is 25.0 Å². The Balaban J connectivity index is 1.46. The molecule has 1 amide bonds. The molecule has 12 heteroatoms. The van der Waals surface area contributed by atoms with Crippen molar-refractivity contribution >= 4 is 23.4 Å². The summed E-state index contributed by atoms with van der Waals surface area (Å²) in [5.74, 6) is -0.753. The van der Waals surface area contributed by atoms with Crippen LogP contribution in [0.2, 0.25) is 0 Å². The fraction of sp³-hybridized carbons (Fsp3) is 0.389. The molecule has 1 aromatic heterocycles. The van der Waals surface area contributed by atoms with E-state index in [1.54, 1.807) is 4.90 Å². The molecule has 2 heterocycles. The number of carbonyl (C=O) groups is 1. The van der Waals surface area contributed by atoms with Crippen molar-refractivity contribution < 1.29 is 27.1 Å². The number of morpholine rings is 1. The average Bonchev–Trinajstić information content (AvgIpc) is 2.72. The largest absolute Gasteiger partial charge is 0.416 e. The van der Waals surface area contributed by atoms with Gasteiger partial charge in [0.25, 0.3) is 0 Å². The molecule has 3 rings (SSSR count). The lowest BCUT2D eigenvalue weighted by molar-refractivity contribution is -0.137. The van der Waals surface area contributed by atoms with Gasteiger partial charge in [-0.3, -0.25) is 10.2 Å². The highest BCUT2D eigenvalue weighted by atomic mass is 19.4. The van der Waals surface area contributed by atoms with Crippen LogP contribution < -0.4 is 21.1 Å². The van der Waals surface area contributed by atoms with Crippen molar-refractivity contribution in [2.75, 3.05) is 48.5 Å². The maximum absolute atomic E-state index is 14.0. The zero-order valence-electron chi connectivity index (χ0n) is 15.8. The fourth-order valence-electron chi connectivity index (χ4n) is 2.73. The lowest BCUT2D eigenvalue weighted by atomic mass is 10.2. The number of amides is 1. The Morgan fingerprint density at radius 3 is 2.73 bits per heavy atom. The van der Waals surface area contributed by atoms with E-state index in [4.69, 9.17) is 4.74 Å². The van der Waals surface area contributed by atoms with E-state index in [9.17, 15) is 22.4 Å². The third kappa shape index (κ3) is 6.00. The molecule has 1 aliphatic rings. The van der Waals surface area contributed by atoms with Crippen molar-refractivity contribution in [1.29, 1.82) is 0 Å². The van der Waals surface area contributed by atoms with E-state index in [-0.39, 0.29) is 30.4 Å². The molecular weight excluding hydrogens is 408 g/mol. The minimum atomic E-state index is -4.48. The van der Waals surface area contributed by atoms with Gasteiger partial charge in [0.1, 0.15) is 0 Å². The van der Waals surface area contributed by atoms with E-state index in [0.29, 0.717) is 26.3 Å². The smallest absolute Gasteiger partial charge is 0.378 e. The average molecular weight is 428 g/mol. The van der Waals surface area contributed by atoms with Gasteiger partial charge in [-0.2, -0.15) is 18.2 Å². The second kappa shape index (κ2) is 9.67. The molecular formula is C18H20F4N6O2. The molecule has 1 fully saturated rings. The van der Waals surface area contributed by atoms with Crippen LogP contribution in [0, 0.1) is 5.82 Å². The molecule has 30 heavy (non-hydrogen) atoms. The standard InChI is InChI=1S/C18H20F4N6O2/c19-14-11-23-17(26-16(14)28-6-8-30-9-7-28)27-24-5-4-15(29)25-13-3-1-2-12(10-13)18(20,21)22/h1-3,10-11,24H,4-9H2,(H,25,29)(H,23,26,27). The molecule has 2 aromatic rings. The molecule has 0 aliphatic carbocycles. The summed E-state index contributed by atoms with van der Waals surface area (Å²) in [5.41, 5.74) is 4.61. The number of alkyl halides is 3. The number of hydrogen-bond acceptors (Lipinski definition) is 7. The summed E-state index contributed by atoms with van der Waals surface area (Å²) in [4.78, 5) is 21.6. The molecule has 1 aromatic carbocycles. The van der Waals surface area contributed by atoms with Crippen LogP contribution in [-0.4, -0.2) is 48.7 Å². The predicted molar refractivity (Wildman–Crippen MR) is 101 cm³/mol. The summed E-state index contributed by atoms with van der Waals surface area (Å²) >= 11 is 0. The van der Waals surface area contributed by atoms with Gasteiger partial charge in [0.15, 0.2) is 11.6 Å². The van der Waals surface area contributed by atoms with Crippen LogP contribution in [0.25, 0.3) is 0 Å². The van der Waals surface area contributed by atoms with E-state index >= 15 is 0 Å². The topological polar surface area (TPSA) is 91.4 Å². The number of nitrogens with zero attached hydrogens (tertiary/aromatic N) is 3. The van der Waals surface area contributed by atoms with Crippen LogP contribution in [0.1, 0.15) is 12.0 Å². The van der Waals surface area contributed by atoms with Crippen LogP contribution >= 0.6 is 0 Å². The number of hydrazine groups is 1. The Morgan fingerprint density at radius 2 is 2.00 bits per heavy atom. The highest BCUT2D eigenvalue weighted by molar-refractivity contribution is 5.90. The van der Waals surface area contributed by atoms with Crippen LogP contribution in [-0.2, 0) is 15.7 Å².